The fourth-order valence-electron chi connectivity index (χ4n) is 9.20. The first-order valence-electron chi connectivity index (χ1n) is 21.4. The molecule has 2 aliphatic heterocycles. The van der Waals surface area contributed by atoms with E-state index >= 15 is 0 Å². The highest BCUT2D eigenvalue weighted by Crippen LogP contribution is 2.43. The van der Waals surface area contributed by atoms with Gasteiger partial charge in [-0.2, -0.15) is 10.5 Å². The number of aromatic nitrogens is 4. The Labute approximate surface area is 387 Å². The summed E-state index contributed by atoms with van der Waals surface area (Å²) in [6.07, 6.45) is 0. The van der Waals surface area contributed by atoms with Gasteiger partial charge in [-0.05, 0) is 98.5 Å². The van der Waals surface area contributed by atoms with Gasteiger partial charge in [-0.1, -0.05) is 84.9 Å². The molecule has 0 aliphatic carbocycles. The van der Waals surface area contributed by atoms with Crippen molar-refractivity contribution in [2.24, 2.45) is 0 Å². The molecule has 0 spiro atoms. The molecule has 0 saturated carbocycles. The summed E-state index contributed by atoms with van der Waals surface area (Å²) in [7, 11) is -2.19. The summed E-state index contributed by atoms with van der Waals surface area (Å²) in [5.74, 6) is 2.22. The van der Waals surface area contributed by atoms with E-state index in [4.69, 9.17) is 28.6 Å². The minimum atomic E-state index is -1.09. The van der Waals surface area contributed by atoms with Gasteiger partial charge < -0.3 is 27.6 Å². The van der Waals surface area contributed by atoms with Crippen LogP contribution < -0.4 is 29.3 Å². The molecule has 0 amide bonds. The highest BCUT2D eigenvalue weighted by atomic mass is 32.1. The molecule has 14 heteroatoms. The van der Waals surface area contributed by atoms with Gasteiger partial charge in [-0.15, -0.1) is 22.7 Å². The number of para-hydroxylation sites is 4. The monoisotopic (exact) mass is 892 g/mol. The number of aryl methyl sites for hydroxylation is 4. The summed E-state index contributed by atoms with van der Waals surface area (Å²) in [5, 5.41) is 26.9. The molecule has 0 bridgehead atoms. The van der Waals surface area contributed by atoms with Gasteiger partial charge in [0.2, 0.25) is 0 Å². The molecular formula is C52H34B2N6O4S2. The molecule has 0 N–H and O–H groups in total. The van der Waals surface area contributed by atoms with Gasteiger partial charge in [0.1, 0.15) is 56.3 Å². The van der Waals surface area contributed by atoms with Crippen LogP contribution in [0.15, 0.2) is 133 Å². The molecule has 2 aliphatic rings. The maximum absolute atomic E-state index is 11.8. The smallest absolute Gasteiger partial charge is 0.503 e. The predicted octanol–water partition coefficient (Wildman–Crippen LogP) is 10.3. The summed E-state index contributed by atoms with van der Waals surface area (Å²) >= 11 is 2.89. The van der Waals surface area contributed by atoms with Crippen molar-refractivity contribution >= 4 is 79.5 Å². The van der Waals surface area contributed by atoms with Crippen molar-refractivity contribution in [1.29, 1.82) is 10.5 Å². The molecule has 0 unspecified atom stereocenters. The minimum Gasteiger partial charge on any atom is -0.503 e. The maximum atomic E-state index is 11.8. The molecule has 0 radical (unpaired) electrons. The van der Waals surface area contributed by atoms with Crippen molar-refractivity contribution in [1.82, 2.24) is 18.9 Å². The van der Waals surface area contributed by atoms with Crippen molar-refractivity contribution in [2.75, 3.05) is 0 Å². The zero-order chi connectivity index (χ0) is 44.8. The minimum absolute atomic E-state index is 0.297. The van der Waals surface area contributed by atoms with E-state index in [1.54, 1.807) is 0 Å². The van der Waals surface area contributed by atoms with Crippen molar-refractivity contribution in [3.8, 4) is 57.7 Å². The summed E-state index contributed by atoms with van der Waals surface area (Å²) in [4.78, 5) is 10.3. The highest BCUT2D eigenvalue weighted by molar-refractivity contribution is 7.20. The molecule has 0 fully saturated rings. The Bertz CT molecular complexity index is 3610. The summed E-state index contributed by atoms with van der Waals surface area (Å²) in [6.45, 7) is 8.17. The quantitative estimate of drug-likeness (QED) is 0.151. The standard InChI is InChI=1S/C52H34B2N6O4S2/c1-29-21-23-43-37(25-29)57-51(65-43)35(27-55)49-45-46(48(34-16-8-6-14-32(34)4)59(49)53-61-39-17-9-10-18-40(39)62-53)50(36(28-56)52-58-38-26-30(2)22-24-44(38)66-52)60(47(45)33-15-7-5-13-31(33)3)54-63-41-19-11-12-20-42(41)64-54/h5-26H,1-4H3/b49-35-,50-36-. The summed E-state index contributed by atoms with van der Waals surface area (Å²) in [5.41, 5.74) is 9.14. The average molecular weight is 893 g/mol. The number of benzene rings is 6. The molecule has 10 nitrogen and oxygen atoms in total. The van der Waals surface area contributed by atoms with Crippen LogP contribution in [0.3, 0.4) is 0 Å². The third-order valence-electron chi connectivity index (χ3n) is 12.2. The molecule has 12 rings (SSSR count). The number of thiazole rings is 2. The first-order chi connectivity index (χ1) is 32.3. The largest absolute Gasteiger partial charge is 0.743 e. The molecule has 6 aromatic carbocycles. The number of fused-ring (bicyclic) bond motifs is 5. The van der Waals surface area contributed by atoms with Crippen LogP contribution in [0.25, 0.3) is 64.9 Å². The fraction of sp³-hybridized carbons (Fsp3) is 0.0769. The zero-order valence-corrected chi connectivity index (χ0v) is 37.6. The van der Waals surface area contributed by atoms with Gasteiger partial charge in [0.15, 0.2) is 0 Å². The van der Waals surface area contributed by atoms with Gasteiger partial charge in [0.25, 0.3) is 0 Å². The lowest BCUT2D eigenvalue weighted by atomic mass is 9.99. The van der Waals surface area contributed by atoms with Gasteiger partial charge in [0.05, 0.1) is 42.5 Å². The first-order valence-corrected chi connectivity index (χ1v) is 23.0. The molecule has 6 heterocycles. The second-order valence-corrected chi connectivity index (χ2v) is 18.5. The first kappa shape index (κ1) is 39.6. The summed E-state index contributed by atoms with van der Waals surface area (Å²) < 4.78 is 33.1. The lowest BCUT2D eigenvalue weighted by Crippen LogP contribution is -2.44. The van der Waals surface area contributed by atoms with Crippen molar-refractivity contribution in [3.63, 3.8) is 0 Å². The third-order valence-corrected chi connectivity index (χ3v) is 14.3. The van der Waals surface area contributed by atoms with Gasteiger partial charge in [-0.25, -0.2) is 9.97 Å². The van der Waals surface area contributed by atoms with Crippen molar-refractivity contribution in [3.05, 3.63) is 176 Å². The number of hydrogen-bond acceptors (Lipinski definition) is 10. The Morgan fingerprint density at radius 2 is 0.864 bits per heavy atom. The Morgan fingerprint density at radius 3 is 1.23 bits per heavy atom. The second kappa shape index (κ2) is 15.3. The highest BCUT2D eigenvalue weighted by Gasteiger charge is 2.45. The van der Waals surface area contributed by atoms with Crippen LogP contribution in [-0.2, 0) is 0 Å². The van der Waals surface area contributed by atoms with Crippen LogP contribution >= 0.6 is 22.7 Å². The normalized spacial score (nSPS) is 13.7. The van der Waals surface area contributed by atoms with Crippen LogP contribution in [0.4, 0.5) is 0 Å². The lowest BCUT2D eigenvalue weighted by Gasteiger charge is -2.18. The molecular weight excluding hydrogens is 858 g/mol. The van der Waals surface area contributed by atoms with E-state index in [1.165, 1.54) is 22.7 Å². The van der Waals surface area contributed by atoms with Crippen LogP contribution in [-0.4, -0.2) is 33.4 Å². The van der Waals surface area contributed by atoms with Crippen LogP contribution in [0.2, 0.25) is 0 Å². The Kier molecular flexibility index (Phi) is 9.17. The van der Waals surface area contributed by atoms with E-state index in [-0.39, 0.29) is 0 Å². The second-order valence-electron chi connectivity index (χ2n) is 16.4. The molecule has 66 heavy (non-hydrogen) atoms. The number of hydrogen-bond donors (Lipinski definition) is 0. The molecule has 0 atom stereocenters. The van der Waals surface area contributed by atoms with Gasteiger partial charge in [-0.3, -0.25) is 0 Å². The lowest BCUT2D eigenvalue weighted by molar-refractivity contribution is 0.479. The summed E-state index contributed by atoms with van der Waals surface area (Å²) in [6, 6.07) is 48.8. The molecule has 4 aromatic heterocycles. The van der Waals surface area contributed by atoms with Crippen LogP contribution in [0.5, 0.6) is 23.0 Å². The molecule has 10 aromatic rings. The molecule has 0 saturated heterocycles. The maximum Gasteiger partial charge on any atom is 0.743 e. The van der Waals surface area contributed by atoms with E-state index in [0.717, 1.165) is 53.8 Å². The Balaban J connectivity index is 1.37. The van der Waals surface area contributed by atoms with E-state index in [9.17, 15) is 10.5 Å². The van der Waals surface area contributed by atoms with E-state index in [1.807, 2.05) is 120 Å². The van der Waals surface area contributed by atoms with E-state index < -0.39 is 14.5 Å². The SMILES string of the molecule is Cc1ccc2sc(/C(C#N)=c3/c4c(-c5ccccc5C)n(B5Oc6ccccc6O5)/c(=C(/C#N)c5nc6cc(C)ccc6s5)c4c(-c4ccccc4C)n3B3Oc4ccccc4O3)nc2c1. The number of rotatable bonds is 6. The fourth-order valence-corrected chi connectivity index (χ4v) is 11.1. The van der Waals surface area contributed by atoms with Crippen LogP contribution in [0.1, 0.15) is 32.3 Å². The van der Waals surface area contributed by atoms with Gasteiger partial charge >= 0.3 is 14.5 Å². The predicted molar refractivity (Wildman–Crippen MR) is 262 cm³/mol. The molecule has 314 valence electrons. The third kappa shape index (κ3) is 6.14. The van der Waals surface area contributed by atoms with Gasteiger partial charge in [0, 0.05) is 21.9 Å². The van der Waals surface area contributed by atoms with Crippen LogP contribution in [0, 0.1) is 50.4 Å². The van der Waals surface area contributed by atoms with E-state index in [0.29, 0.717) is 77.0 Å². The average Bonchev–Trinajstić information content (AvgIpc) is 4.18. The van der Waals surface area contributed by atoms with Crippen molar-refractivity contribution in [2.45, 2.75) is 27.7 Å². The Morgan fingerprint density at radius 1 is 0.500 bits per heavy atom. The zero-order valence-electron chi connectivity index (χ0n) is 36.0. The topological polar surface area (TPSA) is 120 Å². The number of nitrogens with zero attached hydrogens (tertiary/aromatic N) is 6. The van der Waals surface area contributed by atoms with E-state index in [2.05, 4.69) is 62.4 Å². The number of nitriles is 2. The Hall–Kier alpha value is -8.03. The van der Waals surface area contributed by atoms with Crippen molar-refractivity contribution < 1.29 is 18.6 Å².